The number of anilines is 1. The molecule has 7 nitrogen and oxygen atoms in total. The van der Waals surface area contributed by atoms with E-state index >= 15 is 0 Å². The number of para-hydroxylation sites is 1. The maximum absolute atomic E-state index is 12.7. The van der Waals surface area contributed by atoms with Gasteiger partial charge in [0.2, 0.25) is 0 Å². The van der Waals surface area contributed by atoms with Gasteiger partial charge < -0.3 is 20.5 Å². The summed E-state index contributed by atoms with van der Waals surface area (Å²) in [6.07, 6.45) is 0.0368. The Morgan fingerprint density at radius 2 is 2.08 bits per heavy atom. The van der Waals surface area contributed by atoms with Crippen molar-refractivity contribution in [2.24, 2.45) is 0 Å². The van der Waals surface area contributed by atoms with Crippen molar-refractivity contribution in [2.75, 3.05) is 16.8 Å². The number of aliphatic carboxylic acids is 1. The van der Waals surface area contributed by atoms with Crippen LogP contribution in [0.15, 0.2) is 18.2 Å². The van der Waals surface area contributed by atoms with Gasteiger partial charge in [0, 0.05) is 0 Å². The van der Waals surface area contributed by atoms with E-state index in [1.54, 1.807) is 36.9 Å². The lowest BCUT2D eigenvalue weighted by molar-refractivity contribution is -0.144. The molecule has 1 unspecified atom stereocenters. The van der Waals surface area contributed by atoms with Gasteiger partial charge in [-0.2, -0.15) is 11.8 Å². The van der Waals surface area contributed by atoms with Crippen molar-refractivity contribution in [3.05, 3.63) is 23.8 Å². The van der Waals surface area contributed by atoms with Crippen LogP contribution in [0.2, 0.25) is 0 Å². The van der Waals surface area contributed by atoms with Crippen molar-refractivity contribution in [3.8, 4) is 5.75 Å². The van der Waals surface area contributed by atoms with Crippen LogP contribution in [0.25, 0.3) is 0 Å². The third-order valence-corrected chi connectivity index (χ3v) is 5.28. The minimum Gasteiger partial charge on any atom is -0.480 e. The Labute approximate surface area is 143 Å². The summed E-state index contributed by atoms with van der Waals surface area (Å²) in [6, 6.07) is 4.82. The first-order valence-corrected chi connectivity index (χ1v) is 8.83. The lowest BCUT2D eigenvalue weighted by atomic mass is 9.91. The van der Waals surface area contributed by atoms with E-state index in [-0.39, 0.29) is 17.2 Å². The molecular formula is C16H18N2O5S. The molecule has 1 saturated heterocycles. The molecule has 0 spiro atoms. The second-order valence-corrected chi connectivity index (χ2v) is 7.11. The molecule has 1 atom stereocenters. The zero-order valence-electron chi connectivity index (χ0n) is 13.1. The molecule has 0 saturated carbocycles. The minimum atomic E-state index is -1.26. The number of benzene rings is 1. The lowest BCUT2D eigenvalue weighted by Crippen LogP contribution is -2.56. The number of nitrogens with one attached hydrogen (secondary N) is 2. The minimum absolute atomic E-state index is 0.221. The van der Waals surface area contributed by atoms with Gasteiger partial charge >= 0.3 is 5.97 Å². The quantitative estimate of drug-likeness (QED) is 0.763. The number of fused-ring (bicyclic) bond motifs is 1. The van der Waals surface area contributed by atoms with Gasteiger partial charge in [-0.1, -0.05) is 6.07 Å². The number of rotatable bonds is 3. The number of hydrogen-bond acceptors (Lipinski definition) is 5. The highest BCUT2D eigenvalue weighted by Gasteiger charge is 2.42. The Morgan fingerprint density at radius 1 is 1.38 bits per heavy atom. The number of hydrogen-bond donors (Lipinski definition) is 3. The molecule has 3 rings (SSSR count). The molecule has 0 aromatic heterocycles. The predicted molar refractivity (Wildman–Crippen MR) is 89.6 cm³/mol. The number of thioether (sulfide) groups is 1. The number of carbonyl (C=O) groups excluding carboxylic acids is 2. The number of carboxylic acids is 1. The molecule has 1 aromatic rings. The Balaban J connectivity index is 1.89. The summed E-state index contributed by atoms with van der Waals surface area (Å²) in [4.78, 5) is 36.1. The topological polar surface area (TPSA) is 105 Å². The van der Waals surface area contributed by atoms with E-state index in [0.29, 0.717) is 30.0 Å². The summed E-state index contributed by atoms with van der Waals surface area (Å²) in [7, 11) is 0. The number of carboxylic acid groups (broad SMARTS) is 1. The fourth-order valence-electron chi connectivity index (χ4n) is 2.80. The smallest absolute Gasteiger partial charge is 0.329 e. The SMILES string of the molecule is CC1Oc2c(cccc2C(=O)NC2(C(=O)O)CCSCC2)NC1=O. The van der Waals surface area contributed by atoms with E-state index in [1.165, 1.54) is 0 Å². The molecule has 1 fully saturated rings. The summed E-state index contributed by atoms with van der Waals surface area (Å²) < 4.78 is 5.55. The summed E-state index contributed by atoms with van der Waals surface area (Å²) in [5, 5.41) is 14.9. The normalized spacial score (nSPS) is 21.9. The molecule has 3 N–H and O–H groups in total. The van der Waals surface area contributed by atoms with Crippen LogP contribution in [-0.2, 0) is 9.59 Å². The fraction of sp³-hybridized carbons (Fsp3) is 0.438. The first-order chi connectivity index (χ1) is 11.4. The summed E-state index contributed by atoms with van der Waals surface area (Å²) in [6.45, 7) is 1.59. The van der Waals surface area contributed by atoms with Gasteiger partial charge in [-0.3, -0.25) is 9.59 Å². The predicted octanol–water partition coefficient (Wildman–Crippen LogP) is 1.49. The van der Waals surface area contributed by atoms with Gasteiger partial charge in [0.15, 0.2) is 11.9 Å². The highest BCUT2D eigenvalue weighted by atomic mass is 32.2. The van der Waals surface area contributed by atoms with Crippen molar-refractivity contribution >= 4 is 35.2 Å². The fourth-order valence-corrected chi connectivity index (χ4v) is 3.99. The molecule has 2 amide bonds. The zero-order valence-corrected chi connectivity index (χ0v) is 13.9. The Kier molecular flexibility index (Phi) is 4.40. The average molecular weight is 350 g/mol. The van der Waals surface area contributed by atoms with E-state index in [1.807, 2.05) is 0 Å². The molecule has 2 aliphatic heterocycles. The molecule has 2 heterocycles. The lowest BCUT2D eigenvalue weighted by Gasteiger charge is -2.34. The van der Waals surface area contributed by atoms with Crippen molar-refractivity contribution < 1.29 is 24.2 Å². The van der Waals surface area contributed by atoms with Crippen molar-refractivity contribution in [3.63, 3.8) is 0 Å². The summed E-state index contributed by atoms with van der Waals surface area (Å²) in [5.41, 5.74) is -0.623. The molecule has 8 heteroatoms. The average Bonchev–Trinajstić information content (AvgIpc) is 2.56. The van der Waals surface area contributed by atoms with Gasteiger partial charge in [0.05, 0.1) is 11.3 Å². The second kappa shape index (κ2) is 6.35. The third-order valence-electron chi connectivity index (χ3n) is 4.29. The number of carbonyl (C=O) groups is 3. The summed E-state index contributed by atoms with van der Waals surface area (Å²) in [5.74, 6) is -0.182. The van der Waals surface area contributed by atoms with Gasteiger partial charge in [-0.05, 0) is 43.4 Å². The molecule has 2 aliphatic rings. The van der Waals surface area contributed by atoms with Gasteiger partial charge in [-0.25, -0.2) is 4.79 Å². The first kappa shape index (κ1) is 16.6. The van der Waals surface area contributed by atoms with E-state index in [9.17, 15) is 19.5 Å². The molecule has 128 valence electrons. The van der Waals surface area contributed by atoms with Gasteiger partial charge in [-0.15, -0.1) is 0 Å². The Bertz CT molecular complexity index is 700. The van der Waals surface area contributed by atoms with Gasteiger partial charge in [0.1, 0.15) is 5.54 Å². The molecule has 0 radical (unpaired) electrons. The Hall–Kier alpha value is -2.22. The zero-order chi connectivity index (χ0) is 17.3. The van der Waals surface area contributed by atoms with Crippen LogP contribution in [0, 0.1) is 0 Å². The molecular weight excluding hydrogens is 332 g/mol. The first-order valence-electron chi connectivity index (χ1n) is 7.67. The van der Waals surface area contributed by atoms with Crippen LogP contribution in [-0.4, -0.2) is 46.0 Å². The van der Waals surface area contributed by atoms with Crippen LogP contribution in [0.5, 0.6) is 5.75 Å². The van der Waals surface area contributed by atoms with Crippen molar-refractivity contribution in [2.45, 2.75) is 31.4 Å². The van der Waals surface area contributed by atoms with E-state index < -0.39 is 23.5 Å². The van der Waals surface area contributed by atoms with Crippen LogP contribution in [0.4, 0.5) is 5.69 Å². The number of ether oxygens (including phenoxy) is 1. The maximum Gasteiger partial charge on any atom is 0.329 e. The van der Waals surface area contributed by atoms with Crippen LogP contribution < -0.4 is 15.4 Å². The monoisotopic (exact) mass is 350 g/mol. The second-order valence-electron chi connectivity index (χ2n) is 5.89. The number of amides is 2. The third kappa shape index (κ3) is 2.93. The van der Waals surface area contributed by atoms with Crippen molar-refractivity contribution in [1.82, 2.24) is 5.32 Å². The van der Waals surface area contributed by atoms with Crippen LogP contribution in [0.1, 0.15) is 30.1 Å². The largest absolute Gasteiger partial charge is 0.480 e. The van der Waals surface area contributed by atoms with Crippen LogP contribution in [0.3, 0.4) is 0 Å². The molecule has 1 aromatic carbocycles. The van der Waals surface area contributed by atoms with Gasteiger partial charge in [0.25, 0.3) is 11.8 Å². The molecule has 0 bridgehead atoms. The summed E-state index contributed by atoms with van der Waals surface area (Å²) >= 11 is 1.67. The Morgan fingerprint density at radius 3 is 2.75 bits per heavy atom. The van der Waals surface area contributed by atoms with E-state index in [2.05, 4.69) is 10.6 Å². The van der Waals surface area contributed by atoms with Crippen molar-refractivity contribution in [1.29, 1.82) is 0 Å². The molecule has 0 aliphatic carbocycles. The highest BCUT2D eigenvalue weighted by Crippen LogP contribution is 2.34. The molecule has 24 heavy (non-hydrogen) atoms. The highest BCUT2D eigenvalue weighted by molar-refractivity contribution is 7.99. The van der Waals surface area contributed by atoms with Crippen LogP contribution >= 0.6 is 11.8 Å². The standard InChI is InChI=1S/C16H18N2O5S/c1-9-13(19)17-11-4-2-3-10(12(11)23-9)14(20)18-16(15(21)22)5-7-24-8-6-16/h2-4,9H,5-8H2,1H3,(H,17,19)(H,18,20)(H,21,22). The maximum atomic E-state index is 12.7. The van der Waals surface area contributed by atoms with E-state index in [4.69, 9.17) is 4.74 Å². The van der Waals surface area contributed by atoms with E-state index in [0.717, 1.165) is 0 Å².